The molecule has 0 fully saturated rings. The van der Waals surface area contributed by atoms with Crippen LogP contribution in [0.3, 0.4) is 0 Å². The van der Waals surface area contributed by atoms with E-state index in [-0.39, 0.29) is 17.7 Å². The number of nitrogens with one attached hydrogen (secondary N) is 1. The Kier molecular flexibility index (Phi) is 5.46. The van der Waals surface area contributed by atoms with Gasteiger partial charge in [-0.2, -0.15) is 0 Å². The smallest absolute Gasteiger partial charge is 0.123 e. The molecule has 1 aromatic carbocycles. The molecule has 0 aliphatic carbocycles. The first-order valence-electron chi connectivity index (χ1n) is 5.70. The minimum Gasteiger partial charge on any atom is -0.309 e. The van der Waals surface area contributed by atoms with E-state index in [4.69, 9.17) is 0 Å². The van der Waals surface area contributed by atoms with E-state index in [9.17, 15) is 8.78 Å². The summed E-state index contributed by atoms with van der Waals surface area (Å²) in [6.45, 7) is 5.52. The quantitative estimate of drug-likeness (QED) is 0.775. The molecule has 0 aromatic heterocycles. The van der Waals surface area contributed by atoms with Gasteiger partial charge in [-0.15, -0.1) is 0 Å². The number of hydrogen-bond acceptors (Lipinski definition) is 1. The van der Waals surface area contributed by atoms with Crippen molar-refractivity contribution in [1.29, 1.82) is 0 Å². The number of allylic oxidation sites excluding steroid dienone is 3. The minimum atomic E-state index is -0.315. The standard InChI is InChI=1S/C15H17F2N/c1-4-13(16)8-5-11(2)15(18-3)12-6-9-14(17)10-7-12/h4-10,15,18H,2H2,1,3H3/b8-5-,13-4+. The van der Waals surface area contributed by atoms with Crippen LogP contribution in [-0.4, -0.2) is 7.05 Å². The largest absolute Gasteiger partial charge is 0.309 e. The van der Waals surface area contributed by atoms with E-state index in [0.717, 1.165) is 5.56 Å². The maximum atomic E-state index is 13.0. The zero-order valence-corrected chi connectivity index (χ0v) is 10.6. The fourth-order valence-electron chi connectivity index (χ4n) is 1.60. The van der Waals surface area contributed by atoms with Gasteiger partial charge >= 0.3 is 0 Å². The third-order valence-corrected chi connectivity index (χ3v) is 2.60. The minimum absolute atomic E-state index is 0.161. The second-order valence-corrected chi connectivity index (χ2v) is 3.86. The molecule has 3 heteroatoms. The van der Waals surface area contributed by atoms with Gasteiger partial charge in [0.1, 0.15) is 11.6 Å². The van der Waals surface area contributed by atoms with Crippen molar-refractivity contribution < 1.29 is 8.78 Å². The summed E-state index contributed by atoms with van der Waals surface area (Å²) in [4.78, 5) is 0. The number of likely N-dealkylation sites (N-methyl/N-ethyl adjacent to an activating group) is 1. The highest BCUT2D eigenvalue weighted by molar-refractivity contribution is 5.34. The van der Waals surface area contributed by atoms with Crippen LogP contribution in [0.2, 0.25) is 0 Å². The number of rotatable bonds is 5. The van der Waals surface area contributed by atoms with E-state index in [0.29, 0.717) is 5.57 Å². The van der Waals surface area contributed by atoms with Crippen LogP contribution in [0.15, 0.2) is 60.5 Å². The summed E-state index contributed by atoms with van der Waals surface area (Å²) < 4.78 is 25.8. The van der Waals surface area contributed by atoms with Crippen molar-refractivity contribution in [2.24, 2.45) is 0 Å². The Labute approximate surface area is 107 Å². The van der Waals surface area contributed by atoms with Gasteiger partial charge in [0.05, 0.1) is 6.04 Å². The maximum Gasteiger partial charge on any atom is 0.123 e. The van der Waals surface area contributed by atoms with Gasteiger partial charge in [0.2, 0.25) is 0 Å². The van der Waals surface area contributed by atoms with Crippen LogP contribution < -0.4 is 5.32 Å². The average Bonchev–Trinajstić information content (AvgIpc) is 2.39. The Morgan fingerprint density at radius 3 is 2.39 bits per heavy atom. The molecule has 1 atom stereocenters. The predicted molar refractivity (Wildman–Crippen MR) is 71.3 cm³/mol. The highest BCUT2D eigenvalue weighted by atomic mass is 19.1. The molecule has 18 heavy (non-hydrogen) atoms. The molecule has 1 aromatic rings. The average molecular weight is 249 g/mol. The molecule has 0 bridgehead atoms. The molecule has 1 unspecified atom stereocenters. The molecule has 96 valence electrons. The summed E-state index contributed by atoms with van der Waals surface area (Å²) in [5, 5.41) is 3.06. The molecular formula is C15H17F2N. The van der Waals surface area contributed by atoms with Crippen molar-refractivity contribution >= 4 is 0 Å². The summed E-state index contributed by atoms with van der Waals surface area (Å²) in [5.74, 6) is -0.597. The molecule has 0 radical (unpaired) electrons. The van der Waals surface area contributed by atoms with Crippen molar-refractivity contribution in [2.45, 2.75) is 13.0 Å². The zero-order valence-electron chi connectivity index (χ0n) is 10.6. The third kappa shape index (κ3) is 3.93. The molecule has 1 nitrogen and oxygen atoms in total. The molecular weight excluding hydrogens is 232 g/mol. The predicted octanol–water partition coefficient (Wildman–Crippen LogP) is 4.07. The Hall–Kier alpha value is -1.74. The molecule has 0 aliphatic heterocycles. The Morgan fingerprint density at radius 1 is 1.28 bits per heavy atom. The highest BCUT2D eigenvalue weighted by Gasteiger charge is 2.10. The molecule has 0 saturated carbocycles. The second kappa shape index (κ2) is 6.87. The lowest BCUT2D eigenvalue weighted by molar-refractivity contribution is 0.623. The fraction of sp³-hybridized carbons (Fsp3) is 0.200. The van der Waals surface area contributed by atoms with E-state index >= 15 is 0 Å². The topological polar surface area (TPSA) is 12.0 Å². The van der Waals surface area contributed by atoms with Gasteiger partial charge in [-0.25, -0.2) is 8.78 Å². The molecule has 1 N–H and O–H groups in total. The summed E-state index contributed by atoms with van der Waals surface area (Å²) in [7, 11) is 1.78. The van der Waals surface area contributed by atoms with Gasteiger partial charge in [-0.1, -0.05) is 30.9 Å². The van der Waals surface area contributed by atoms with Crippen LogP contribution in [0.1, 0.15) is 18.5 Å². The summed E-state index contributed by atoms with van der Waals surface area (Å²) >= 11 is 0. The molecule has 0 amide bonds. The van der Waals surface area contributed by atoms with Crippen LogP contribution in [0.4, 0.5) is 8.78 Å². The fourth-order valence-corrected chi connectivity index (χ4v) is 1.60. The molecule has 0 spiro atoms. The lowest BCUT2D eigenvalue weighted by Crippen LogP contribution is -2.17. The normalized spacial score (nSPS) is 13.9. The molecule has 0 saturated heterocycles. The Balaban J connectivity index is 2.87. The lowest BCUT2D eigenvalue weighted by atomic mass is 9.99. The van der Waals surface area contributed by atoms with Gasteiger partial charge in [0.25, 0.3) is 0 Å². The van der Waals surface area contributed by atoms with Crippen LogP contribution in [-0.2, 0) is 0 Å². The van der Waals surface area contributed by atoms with Crippen molar-refractivity contribution in [3.63, 3.8) is 0 Å². The van der Waals surface area contributed by atoms with Crippen LogP contribution >= 0.6 is 0 Å². The first-order valence-corrected chi connectivity index (χ1v) is 5.70. The van der Waals surface area contributed by atoms with Crippen molar-refractivity contribution in [3.05, 3.63) is 71.9 Å². The van der Waals surface area contributed by atoms with Gasteiger partial charge < -0.3 is 5.32 Å². The van der Waals surface area contributed by atoms with Gasteiger partial charge in [0.15, 0.2) is 0 Å². The molecule has 1 rings (SSSR count). The van der Waals surface area contributed by atoms with E-state index in [1.807, 2.05) is 0 Å². The zero-order chi connectivity index (χ0) is 13.5. The van der Waals surface area contributed by atoms with E-state index in [1.54, 1.807) is 32.2 Å². The van der Waals surface area contributed by atoms with Crippen molar-refractivity contribution in [1.82, 2.24) is 5.32 Å². The summed E-state index contributed by atoms with van der Waals surface area (Å²) in [6.07, 6.45) is 4.34. The first kappa shape index (κ1) is 14.3. The second-order valence-electron chi connectivity index (χ2n) is 3.86. The molecule has 0 heterocycles. The third-order valence-electron chi connectivity index (χ3n) is 2.60. The summed E-state index contributed by atoms with van der Waals surface area (Å²) in [5.41, 5.74) is 1.59. The Morgan fingerprint density at radius 2 is 1.89 bits per heavy atom. The summed E-state index contributed by atoms with van der Waals surface area (Å²) in [6, 6.07) is 5.99. The number of benzene rings is 1. The van der Waals surface area contributed by atoms with Crippen LogP contribution in [0.25, 0.3) is 0 Å². The van der Waals surface area contributed by atoms with Gasteiger partial charge in [-0.3, -0.25) is 0 Å². The SMILES string of the molecule is C=C(/C=C\C(F)=C/C)C(NC)c1ccc(F)cc1. The Bertz CT molecular complexity index is 458. The first-order chi connectivity index (χ1) is 8.58. The number of halogens is 2. The van der Waals surface area contributed by atoms with Gasteiger partial charge in [0, 0.05) is 0 Å². The van der Waals surface area contributed by atoms with E-state index < -0.39 is 0 Å². The van der Waals surface area contributed by atoms with Crippen molar-refractivity contribution in [3.8, 4) is 0 Å². The van der Waals surface area contributed by atoms with E-state index in [1.165, 1.54) is 24.3 Å². The van der Waals surface area contributed by atoms with Gasteiger partial charge in [-0.05, 0) is 43.3 Å². The van der Waals surface area contributed by atoms with Crippen LogP contribution in [0.5, 0.6) is 0 Å². The maximum absolute atomic E-state index is 13.0. The van der Waals surface area contributed by atoms with Crippen molar-refractivity contribution in [2.75, 3.05) is 7.05 Å². The van der Waals surface area contributed by atoms with E-state index in [2.05, 4.69) is 11.9 Å². The highest BCUT2D eigenvalue weighted by Crippen LogP contribution is 2.21. The monoisotopic (exact) mass is 249 g/mol. The molecule has 0 aliphatic rings. The lowest BCUT2D eigenvalue weighted by Gasteiger charge is -2.17. The number of hydrogen-bond donors (Lipinski definition) is 1. The van der Waals surface area contributed by atoms with Crippen LogP contribution in [0, 0.1) is 5.82 Å².